The van der Waals surface area contributed by atoms with Crippen LogP contribution < -0.4 is 5.32 Å². The Balaban J connectivity index is 1.91. The Morgan fingerprint density at radius 1 is 1.53 bits per heavy atom. The van der Waals surface area contributed by atoms with Gasteiger partial charge in [-0.15, -0.1) is 23.1 Å². The van der Waals surface area contributed by atoms with Gasteiger partial charge in [-0.1, -0.05) is 6.07 Å². The molecule has 6 heteroatoms. The smallest absolute Gasteiger partial charge is 0.223 e. The number of nitrogens with one attached hydrogen (secondary N) is 1. The minimum Gasteiger partial charge on any atom is -0.302 e. The first-order valence-corrected chi connectivity index (χ1v) is 6.86. The topological polar surface area (TPSA) is 54.9 Å². The van der Waals surface area contributed by atoms with Crippen LogP contribution in [0, 0.1) is 0 Å². The number of carbonyl (C=O) groups is 1. The van der Waals surface area contributed by atoms with Gasteiger partial charge in [-0.3, -0.25) is 4.79 Å². The molecule has 1 amide bonds. The number of hydrogen-bond acceptors (Lipinski definition) is 5. The predicted molar refractivity (Wildman–Crippen MR) is 70.2 cm³/mol. The largest absolute Gasteiger partial charge is 0.302 e. The summed E-state index contributed by atoms with van der Waals surface area (Å²) < 4.78 is 0. The normalized spacial score (nSPS) is 10.2. The quantitative estimate of drug-likeness (QED) is 0.864. The minimum atomic E-state index is -0.0942. The number of thioether (sulfide) groups is 1. The fourth-order valence-corrected chi connectivity index (χ4v) is 2.78. The number of anilines is 1. The summed E-state index contributed by atoms with van der Waals surface area (Å²) in [5.41, 5.74) is 0.953. The maximum absolute atomic E-state index is 10.8. The van der Waals surface area contributed by atoms with Gasteiger partial charge in [0, 0.05) is 24.3 Å². The number of carbonyl (C=O) groups excluding carboxylic acids is 1. The molecule has 0 aliphatic rings. The van der Waals surface area contributed by atoms with Crippen LogP contribution in [0.1, 0.15) is 12.6 Å². The lowest BCUT2D eigenvalue weighted by Gasteiger charge is -1.97. The molecule has 2 rings (SSSR count). The van der Waals surface area contributed by atoms with Crippen molar-refractivity contribution >= 4 is 34.1 Å². The van der Waals surface area contributed by atoms with E-state index in [1.165, 1.54) is 18.3 Å². The van der Waals surface area contributed by atoms with Crippen LogP contribution in [0.3, 0.4) is 0 Å². The summed E-state index contributed by atoms with van der Waals surface area (Å²) in [4.78, 5) is 19.4. The van der Waals surface area contributed by atoms with Crippen LogP contribution in [0.25, 0.3) is 0 Å². The minimum absolute atomic E-state index is 0.0942. The molecule has 0 atom stereocenters. The number of hydrogen-bond donors (Lipinski definition) is 1. The van der Waals surface area contributed by atoms with Crippen molar-refractivity contribution in [3.8, 4) is 0 Å². The van der Waals surface area contributed by atoms with E-state index in [-0.39, 0.29) is 5.91 Å². The molecule has 0 bridgehead atoms. The lowest BCUT2D eigenvalue weighted by molar-refractivity contribution is -0.114. The molecule has 0 aromatic carbocycles. The van der Waals surface area contributed by atoms with Crippen LogP contribution in [-0.2, 0) is 10.5 Å². The summed E-state index contributed by atoms with van der Waals surface area (Å²) >= 11 is 3.06. The molecule has 17 heavy (non-hydrogen) atoms. The average molecular weight is 265 g/mol. The van der Waals surface area contributed by atoms with Gasteiger partial charge in [-0.25, -0.2) is 9.97 Å². The van der Waals surface area contributed by atoms with E-state index in [1.54, 1.807) is 18.0 Å². The monoisotopic (exact) mass is 265 g/mol. The van der Waals surface area contributed by atoms with Crippen molar-refractivity contribution in [2.24, 2.45) is 0 Å². The van der Waals surface area contributed by atoms with Crippen LogP contribution >= 0.6 is 23.1 Å². The Kier molecular flexibility index (Phi) is 4.11. The molecule has 2 heterocycles. The van der Waals surface area contributed by atoms with Gasteiger partial charge >= 0.3 is 0 Å². The third kappa shape index (κ3) is 3.83. The summed E-state index contributed by atoms with van der Waals surface area (Å²) in [6, 6.07) is 5.81. The Morgan fingerprint density at radius 3 is 3.12 bits per heavy atom. The second-order valence-corrected chi connectivity index (χ2v) is 5.14. The van der Waals surface area contributed by atoms with Crippen molar-refractivity contribution in [2.45, 2.75) is 17.7 Å². The fourth-order valence-electron chi connectivity index (χ4n) is 1.16. The highest BCUT2D eigenvalue weighted by molar-refractivity contribution is 7.98. The molecule has 0 fully saturated rings. The molecule has 0 saturated carbocycles. The van der Waals surface area contributed by atoms with E-state index in [2.05, 4.69) is 15.3 Å². The first kappa shape index (κ1) is 12.1. The summed E-state index contributed by atoms with van der Waals surface area (Å²) in [5, 5.41) is 6.23. The third-order valence-corrected chi connectivity index (χ3v) is 3.62. The Hall–Kier alpha value is -1.40. The van der Waals surface area contributed by atoms with Crippen LogP contribution in [-0.4, -0.2) is 15.9 Å². The maximum Gasteiger partial charge on any atom is 0.223 e. The third-order valence-electron chi connectivity index (χ3n) is 1.84. The molecule has 0 unspecified atom stereocenters. The highest BCUT2D eigenvalue weighted by Gasteiger charge is 2.04. The Labute approximate surface area is 107 Å². The first-order chi connectivity index (χ1) is 8.24. The second-order valence-electron chi connectivity index (χ2n) is 3.28. The van der Waals surface area contributed by atoms with Gasteiger partial charge in [0.25, 0.3) is 0 Å². The van der Waals surface area contributed by atoms with E-state index in [0.717, 1.165) is 16.5 Å². The van der Waals surface area contributed by atoms with Gasteiger partial charge in [0.15, 0.2) is 5.13 Å². The van der Waals surface area contributed by atoms with Crippen molar-refractivity contribution in [3.05, 3.63) is 35.5 Å². The molecule has 88 valence electrons. The molecule has 1 N–H and O–H groups in total. The number of thiazole rings is 1. The molecule has 2 aromatic heterocycles. The summed E-state index contributed by atoms with van der Waals surface area (Å²) in [5.74, 6) is 0.663. The van der Waals surface area contributed by atoms with E-state index in [0.29, 0.717) is 5.13 Å². The van der Waals surface area contributed by atoms with Crippen LogP contribution in [0.15, 0.2) is 34.8 Å². The first-order valence-electron chi connectivity index (χ1n) is 5.00. The second kappa shape index (κ2) is 5.79. The number of nitrogens with zero attached hydrogens (tertiary/aromatic N) is 2. The van der Waals surface area contributed by atoms with Crippen molar-refractivity contribution < 1.29 is 4.79 Å². The Morgan fingerprint density at radius 2 is 2.41 bits per heavy atom. The van der Waals surface area contributed by atoms with Crippen molar-refractivity contribution in [1.29, 1.82) is 0 Å². The van der Waals surface area contributed by atoms with Gasteiger partial charge in [0.2, 0.25) is 5.91 Å². The van der Waals surface area contributed by atoms with Crippen molar-refractivity contribution in [3.63, 3.8) is 0 Å². The molecular formula is C11H11N3OS2. The fraction of sp³-hybridized carbons (Fsp3) is 0.182. The lowest BCUT2D eigenvalue weighted by Crippen LogP contribution is -2.05. The van der Waals surface area contributed by atoms with Crippen molar-refractivity contribution in [2.75, 3.05) is 5.32 Å². The highest BCUT2D eigenvalue weighted by atomic mass is 32.2. The van der Waals surface area contributed by atoms with E-state index < -0.39 is 0 Å². The number of aromatic nitrogens is 2. The Bertz CT molecular complexity index is 498. The molecule has 0 spiro atoms. The van der Waals surface area contributed by atoms with Crippen molar-refractivity contribution in [1.82, 2.24) is 9.97 Å². The van der Waals surface area contributed by atoms with Gasteiger partial charge in [0.1, 0.15) is 0 Å². The van der Waals surface area contributed by atoms with E-state index in [9.17, 15) is 4.79 Å². The maximum atomic E-state index is 10.8. The van der Waals surface area contributed by atoms with E-state index in [4.69, 9.17) is 0 Å². The zero-order valence-electron chi connectivity index (χ0n) is 9.21. The summed E-state index contributed by atoms with van der Waals surface area (Å²) in [6.45, 7) is 1.48. The lowest BCUT2D eigenvalue weighted by atomic mass is 10.5. The standard InChI is InChI=1S/C11H11N3OS2/c1-8(15)13-11-14-9(7-17-11)6-16-10-4-2-3-5-12-10/h2-5,7H,6H2,1H3,(H,13,14,15). The zero-order chi connectivity index (χ0) is 12.1. The molecule has 0 radical (unpaired) electrons. The summed E-state index contributed by atoms with van der Waals surface area (Å²) in [6.07, 6.45) is 1.77. The molecular weight excluding hydrogens is 254 g/mol. The molecule has 0 aliphatic heterocycles. The molecule has 2 aromatic rings. The van der Waals surface area contributed by atoms with Gasteiger partial charge in [0.05, 0.1) is 10.7 Å². The van der Waals surface area contributed by atoms with Gasteiger partial charge in [-0.05, 0) is 12.1 Å². The van der Waals surface area contributed by atoms with E-state index in [1.807, 2.05) is 23.6 Å². The summed E-state index contributed by atoms with van der Waals surface area (Å²) in [7, 11) is 0. The predicted octanol–water partition coefficient (Wildman–Crippen LogP) is 2.79. The van der Waals surface area contributed by atoms with Gasteiger partial charge < -0.3 is 5.32 Å². The van der Waals surface area contributed by atoms with Crippen LogP contribution in [0.5, 0.6) is 0 Å². The van der Waals surface area contributed by atoms with Gasteiger partial charge in [-0.2, -0.15) is 0 Å². The molecule has 4 nitrogen and oxygen atoms in total. The number of rotatable bonds is 4. The number of amides is 1. The molecule has 0 saturated heterocycles. The highest BCUT2D eigenvalue weighted by Crippen LogP contribution is 2.23. The average Bonchev–Trinajstić information content (AvgIpc) is 2.75. The SMILES string of the molecule is CC(=O)Nc1nc(CSc2ccccn2)cs1. The van der Waals surface area contributed by atoms with Crippen LogP contribution in [0.2, 0.25) is 0 Å². The number of pyridine rings is 1. The van der Waals surface area contributed by atoms with E-state index >= 15 is 0 Å². The van der Waals surface area contributed by atoms with Crippen LogP contribution in [0.4, 0.5) is 5.13 Å². The molecule has 0 aliphatic carbocycles. The zero-order valence-corrected chi connectivity index (χ0v) is 10.8.